The van der Waals surface area contributed by atoms with Crippen molar-refractivity contribution in [3.05, 3.63) is 6.58 Å². The van der Waals surface area contributed by atoms with E-state index < -0.39 is 0 Å². The number of nitrogens with zero attached hydrogens (tertiary/aromatic N) is 1. The van der Waals surface area contributed by atoms with E-state index in [0.717, 1.165) is 6.42 Å². The van der Waals surface area contributed by atoms with Crippen LogP contribution in [0.4, 0.5) is 0 Å². The summed E-state index contributed by atoms with van der Waals surface area (Å²) in [5.41, 5.74) is 5.25. The van der Waals surface area contributed by atoms with Gasteiger partial charge in [-0.1, -0.05) is 0 Å². The summed E-state index contributed by atoms with van der Waals surface area (Å²) in [6, 6.07) is 0.289. The van der Waals surface area contributed by atoms with E-state index in [4.69, 9.17) is 5.73 Å². The first-order valence-electron chi connectivity index (χ1n) is 2.73. The summed E-state index contributed by atoms with van der Waals surface area (Å²) >= 11 is 0. The van der Waals surface area contributed by atoms with E-state index in [1.807, 2.05) is 6.92 Å². The highest BCUT2D eigenvalue weighted by atomic mass is 14.7. The maximum Gasteiger partial charge on any atom is 0.0577 e. The first kappa shape index (κ1) is 7.41. The average Bonchev–Trinajstić information content (AvgIpc) is 1.68. The largest absolute Gasteiger partial charge is 0.330 e. The molecule has 0 bridgehead atoms. The van der Waals surface area contributed by atoms with Crippen LogP contribution in [-0.4, -0.2) is 18.5 Å². The zero-order valence-corrected chi connectivity index (χ0v) is 5.22. The zero-order valence-electron chi connectivity index (χ0n) is 5.22. The monoisotopic (exact) mass is 112 g/mol. The maximum atomic E-state index is 5.25. The molecule has 0 aromatic rings. The Morgan fingerprint density at radius 3 is 2.88 bits per heavy atom. The Labute approximate surface area is 50.1 Å². The number of nitrogens with two attached hydrogens (primary N) is 1. The molecule has 0 amide bonds. The zero-order chi connectivity index (χ0) is 6.41. The SMILES string of the molecule is C=C=NC(C)CCN. The van der Waals surface area contributed by atoms with Gasteiger partial charge in [0.1, 0.15) is 0 Å². The topological polar surface area (TPSA) is 38.4 Å². The van der Waals surface area contributed by atoms with Crippen LogP contribution in [0.3, 0.4) is 0 Å². The van der Waals surface area contributed by atoms with E-state index in [2.05, 4.69) is 17.4 Å². The second kappa shape index (κ2) is 4.57. The Hall–Kier alpha value is -0.590. The molecular weight excluding hydrogens is 100 g/mol. The van der Waals surface area contributed by atoms with Crippen molar-refractivity contribution in [2.24, 2.45) is 10.7 Å². The molecule has 0 aliphatic heterocycles. The van der Waals surface area contributed by atoms with Gasteiger partial charge in [0.15, 0.2) is 0 Å². The Balaban J connectivity index is 3.31. The second-order valence-electron chi connectivity index (χ2n) is 1.71. The average molecular weight is 112 g/mol. The summed E-state index contributed by atoms with van der Waals surface area (Å²) in [5, 5.41) is 0. The third-order valence-electron chi connectivity index (χ3n) is 0.896. The van der Waals surface area contributed by atoms with Crippen LogP contribution in [0, 0.1) is 0 Å². The smallest absolute Gasteiger partial charge is 0.0577 e. The van der Waals surface area contributed by atoms with Gasteiger partial charge >= 0.3 is 0 Å². The van der Waals surface area contributed by atoms with Crippen LogP contribution in [-0.2, 0) is 0 Å². The molecule has 0 saturated heterocycles. The summed E-state index contributed by atoms with van der Waals surface area (Å²) in [7, 11) is 0. The van der Waals surface area contributed by atoms with E-state index in [-0.39, 0.29) is 6.04 Å². The van der Waals surface area contributed by atoms with Gasteiger partial charge in [-0.05, 0) is 32.3 Å². The van der Waals surface area contributed by atoms with E-state index in [0.29, 0.717) is 6.54 Å². The summed E-state index contributed by atoms with van der Waals surface area (Å²) < 4.78 is 0. The molecule has 0 aliphatic rings. The molecule has 0 rings (SSSR count). The Bertz CT molecular complexity index is 92.7. The van der Waals surface area contributed by atoms with Crippen molar-refractivity contribution in [2.75, 3.05) is 6.54 Å². The highest BCUT2D eigenvalue weighted by Gasteiger charge is 1.91. The van der Waals surface area contributed by atoms with E-state index in [1.165, 1.54) is 0 Å². The minimum atomic E-state index is 0.289. The maximum absolute atomic E-state index is 5.25. The van der Waals surface area contributed by atoms with E-state index in [1.54, 1.807) is 0 Å². The van der Waals surface area contributed by atoms with Crippen molar-refractivity contribution < 1.29 is 0 Å². The highest BCUT2D eigenvalue weighted by Crippen LogP contribution is 1.90. The Morgan fingerprint density at radius 2 is 2.50 bits per heavy atom. The molecule has 0 aromatic heterocycles. The molecule has 0 aromatic carbocycles. The lowest BCUT2D eigenvalue weighted by Gasteiger charge is -1.97. The Kier molecular flexibility index (Phi) is 4.23. The van der Waals surface area contributed by atoms with Crippen molar-refractivity contribution in [1.29, 1.82) is 0 Å². The summed E-state index contributed by atoms with van der Waals surface area (Å²) in [6.07, 6.45) is 0.919. The van der Waals surface area contributed by atoms with Crippen LogP contribution in [0.2, 0.25) is 0 Å². The van der Waals surface area contributed by atoms with Crippen LogP contribution in [0.15, 0.2) is 11.6 Å². The molecule has 0 fully saturated rings. The second-order valence-corrected chi connectivity index (χ2v) is 1.71. The first-order chi connectivity index (χ1) is 3.81. The van der Waals surface area contributed by atoms with Gasteiger partial charge in [-0.25, -0.2) is 4.99 Å². The summed E-state index contributed by atoms with van der Waals surface area (Å²) in [6.45, 7) is 6.03. The fraction of sp³-hybridized carbons (Fsp3) is 0.667. The van der Waals surface area contributed by atoms with Gasteiger partial charge in [-0.15, -0.1) is 0 Å². The minimum absolute atomic E-state index is 0.289. The highest BCUT2D eigenvalue weighted by molar-refractivity contribution is 5.46. The van der Waals surface area contributed by atoms with Crippen molar-refractivity contribution >= 4 is 5.87 Å². The van der Waals surface area contributed by atoms with Gasteiger partial charge in [-0.3, -0.25) is 0 Å². The van der Waals surface area contributed by atoms with Crippen molar-refractivity contribution in [2.45, 2.75) is 19.4 Å². The van der Waals surface area contributed by atoms with Crippen LogP contribution in [0.5, 0.6) is 0 Å². The van der Waals surface area contributed by atoms with Gasteiger partial charge in [0.25, 0.3) is 0 Å². The van der Waals surface area contributed by atoms with E-state index >= 15 is 0 Å². The molecule has 0 radical (unpaired) electrons. The Morgan fingerprint density at radius 1 is 1.88 bits per heavy atom. The molecule has 2 heteroatoms. The van der Waals surface area contributed by atoms with Gasteiger partial charge in [0, 0.05) is 0 Å². The predicted molar refractivity (Wildman–Crippen MR) is 36.2 cm³/mol. The number of hydrogen-bond acceptors (Lipinski definition) is 2. The van der Waals surface area contributed by atoms with Crippen LogP contribution in [0.1, 0.15) is 13.3 Å². The lowest BCUT2D eigenvalue weighted by atomic mass is 10.2. The van der Waals surface area contributed by atoms with Crippen LogP contribution in [0.25, 0.3) is 0 Å². The molecule has 0 saturated carbocycles. The van der Waals surface area contributed by atoms with Gasteiger partial charge in [0.2, 0.25) is 0 Å². The molecule has 46 valence electrons. The standard InChI is InChI=1S/C6H12N2/c1-3-8-6(2)4-5-7/h6H,1,4-5,7H2,2H3. The molecule has 0 heterocycles. The molecule has 2 N–H and O–H groups in total. The fourth-order valence-corrected chi connectivity index (χ4v) is 0.462. The van der Waals surface area contributed by atoms with Gasteiger partial charge in [-0.2, -0.15) is 0 Å². The number of hydrogen-bond donors (Lipinski definition) is 1. The van der Waals surface area contributed by atoms with Gasteiger partial charge in [0.05, 0.1) is 6.04 Å². The molecule has 2 nitrogen and oxygen atoms in total. The lowest BCUT2D eigenvalue weighted by molar-refractivity contribution is 0.682. The molecule has 1 unspecified atom stereocenters. The van der Waals surface area contributed by atoms with Crippen LogP contribution < -0.4 is 5.73 Å². The van der Waals surface area contributed by atoms with Crippen molar-refractivity contribution in [3.8, 4) is 0 Å². The molecule has 8 heavy (non-hydrogen) atoms. The quantitative estimate of drug-likeness (QED) is 0.533. The number of rotatable bonds is 3. The van der Waals surface area contributed by atoms with Gasteiger partial charge < -0.3 is 5.73 Å². The molecular formula is C6H12N2. The van der Waals surface area contributed by atoms with Crippen molar-refractivity contribution in [1.82, 2.24) is 0 Å². The summed E-state index contributed by atoms with van der Waals surface area (Å²) in [5.74, 6) is 2.47. The van der Waals surface area contributed by atoms with Crippen molar-refractivity contribution in [3.63, 3.8) is 0 Å². The summed E-state index contributed by atoms with van der Waals surface area (Å²) in [4.78, 5) is 3.87. The predicted octanol–water partition coefficient (Wildman–Crippen LogP) is 0.579. The normalized spacial score (nSPS) is 12.2. The lowest BCUT2D eigenvalue weighted by Crippen LogP contribution is -2.07. The number of aliphatic imine (C=N–C) groups is 1. The third kappa shape index (κ3) is 3.59. The third-order valence-corrected chi connectivity index (χ3v) is 0.896. The molecule has 0 aliphatic carbocycles. The first-order valence-corrected chi connectivity index (χ1v) is 2.73. The molecule has 0 spiro atoms. The minimum Gasteiger partial charge on any atom is -0.330 e. The van der Waals surface area contributed by atoms with E-state index in [9.17, 15) is 0 Å². The fourth-order valence-electron chi connectivity index (χ4n) is 0.462. The van der Waals surface area contributed by atoms with Crippen LogP contribution >= 0.6 is 0 Å². The molecule has 1 atom stereocenters.